The van der Waals surface area contributed by atoms with Gasteiger partial charge in [0.1, 0.15) is 6.61 Å². The van der Waals surface area contributed by atoms with Gasteiger partial charge in [0, 0.05) is 12.6 Å². The number of carboxylic acids is 1. The van der Waals surface area contributed by atoms with Gasteiger partial charge in [-0.25, -0.2) is 9.36 Å². The fourth-order valence-corrected chi connectivity index (χ4v) is 1.40. The summed E-state index contributed by atoms with van der Waals surface area (Å²) in [5.41, 5.74) is 0.143. The van der Waals surface area contributed by atoms with Crippen molar-refractivity contribution in [3.63, 3.8) is 0 Å². The zero-order valence-corrected chi connectivity index (χ0v) is 10.2. The molecule has 9 heteroatoms. The van der Waals surface area contributed by atoms with Gasteiger partial charge in [-0.15, -0.1) is 0 Å². The second-order valence-electron chi connectivity index (χ2n) is 3.60. The summed E-state index contributed by atoms with van der Waals surface area (Å²) in [4.78, 5) is 31.8. The monoisotopic (exact) mass is 271 g/mol. The maximum Gasteiger partial charge on any atom is 0.329 e. The summed E-state index contributed by atoms with van der Waals surface area (Å²) in [6.07, 6.45) is 0. The normalized spacial score (nSPS) is 10.2. The number of carboxylic acid groups (broad SMARTS) is 1. The molecule has 0 unspecified atom stereocenters. The highest BCUT2D eigenvalue weighted by atomic mass is 16.6. The van der Waals surface area contributed by atoms with Crippen LogP contribution in [0.1, 0.15) is 10.5 Å². The van der Waals surface area contributed by atoms with Crippen LogP contribution in [0.5, 0.6) is 0 Å². The lowest BCUT2D eigenvalue weighted by molar-refractivity contribution is -0.391. The number of aliphatic carboxylic acids is 1. The van der Waals surface area contributed by atoms with Crippen LogP contribution in [0.15, 0.2) is 12.1 Å². The summed E-state index contributed by atoms with van der Waals surface area (Å²) in [5, 5.41) is 21.4. The summed E-state index contributed by atoms with van der Waals surface area (Å²) in [6, 6.07) is 2.57. The maximum absolute atomic E-state index is 11.7. The average molecular weight is 271 g/mol. The van der Waals surface area contributed by atoms with Crippen LogP contribution in [-0.4, -0.2) is 46.2 Å². The minimum Gasteiger partial charge on any atom is -0.480 e. The summed E-state index contributed by atoms with van der Waals surface area (Å²) in [6.45, 7) is -0.277. The molecule has 0 aliphatic rings. The topological polar surface area (TPSA) is 124 Å². The van der Waals surface area contributed by atoms with Crippen LogP contribution in [0.3, 0.4) is 0 Å². The van der Waals surface area contributed by atoms with Gasteiger partial charge in [-0.2, -0.15) is 0 Å². The highest BCUT2D eigenvalue weighted by molar-refractivity contribution is 5.93. The number of nitro groups is 1. The smallest absolute Gasteiger partial charge is 0.329 e. The van der Waals surface area contributed by atoms with Crippen molar-refractivity contribution in [2.24, 2.45) is 7.05 Å². The van der Waals surface area contributed by atoms with Crippen molar-refractivity contribution < 1.29 is 24.4 Å². The second-order valence-corrected chi connectivity index (χ2v) is 3.60. The summed E-state index contributed by atoms with van der Waals surface area (Å²) in [7, 11) is 1.41. The summed E-state index contributed by atoms with van der Waals surface area (Å²) >= 11 is 0. The number of hydrogen-bond acceptors (Lipinski definition) is 5. The second kappa shape index (κ2) is 6.50. The van der Waals surface area contributed by atoms with Crippen molar-refractivity contribution in [2.45, 2.75) is 0 Å². The predicted octanol–water partition coefficient (Wildman–Crippen LogP) is -0.236. The molecular formula is C10H13N3O6. The molecule has 19 heavy (non-hydrogen) atoms. The molecule has 0 saturated carbocycles. The number of rotatable bonds is 7. The maximum atomic E-state index is 11.7. The Hall–Kier alpha value is -2.42. The van der Waals surface area contributed by atoms with Crippen molar-refractivity contribution in [1.82, 2.24) is 9.88 Å². The van der Waals surface area contributed by atoms with Crippen molar-refractivity contribution in [1.29, 1.82) is 0 Å². The molecule has 0 fully saturated rings. The van der Waals surface area contributed by atoms with E-state index in [9.17, 15) is 19.7 Å². The van der Waals surface area contributed by atoms with Crippen LogP contribution >= 0.6 is 0 Å². The van der Waals surface area contributed by atoms with Gasteiger partial charge in [-0.05, 0) is 11.0 Å². The standard InChI is InChI=1S/C10H13N3O6/c1-12-7(2-3-8(12)13(17)18)10(16)11-4-5-19-6-9(14)15/h2-3H,4-6H2,1H3,(H,11,16)(H,14,15). The molecule has 1 heterocycles. The molecule has 1 aromatic rings. The van der Waals surface area contributed by atoms with Crippen LogP contribution in [0.4, 0.5) is 5.82 Å². The van der Waals surface area contributed by atoms with E-state index >= 15 is 0 Å². The largest absolute Gasteiger partial charge is 0.480 e. The van der Waals surface area contributed by atoms with Gasteiger partial charge in [0.2, 0.25) is 0 Å². The molecule has 0 radical (unpaired) electrons. The lowest BCUT2D eigenvalue weighted by atomic mass is 10.4. The minimum atomic E-state index is -1.09. The Morgan fingerprint density at radius 3 is 2.74 bits per heavy atom. The van der Waals surface area contributed by atoms with Crippen molar-refractivity contribution >= 4 is 17.7 Å². The van der Waals surface area contributed by atoms with Gasteiger partial charge in [0.25, 0.3) is 5.91 Å². The molecule has 2 N–H and O–H groups in total. The molecule has 0 spiro atoms. The van der Waals surface area contributed by atoms with E-state index in [1.165, 1.54) is 19.2 Å². The van der Waals surface area contributed by atoms with Crippen molar-refractivity contribution in [3.8, 4) is 0 Å². The molecule has 0 aliphatic heterocycles. The molecule has 0 saturated heterocycles. The zero-order valence-electron chi connectivity index (χ0n) is 10.2. The Bertz CT molecular complexity index is 495. The first-order valence-electron chi connectivity index (χ1n) is 5.31. The fraction of sp³-hybridized carbons (Fsp3) is 0.400. The molecule has 1 aromatic heterocycles. The quantitative estimate of drug-likeness (QED) is 0.401. The predicted molar refractivity (Wildman–Crippen MR) is 62.9 cm³/mol. The molecular weight excluding hydrogens is 258 g/mol. The van der Waals surface area contributed by atoms with Crippen molar-refractivity contribution in [3.05, 3.63) is 27.9 Å². The van der Waals surface area contributed by atoms with E-state index in [0.29, 0.717) is 0 Å². The molecule has 0 aromatic carbocycles. The molecule has 104 valence electrons. The molecule has 1 rings (SSSR count). The number of aromatic nitrogens is 1. The van der Waals surface area contributed by atoms with Gasteiger partial charge in [0.05, 0.1) is 13.7 Å². The number of carbonyl (C=O) groups excluding carboxylic acids is 1. The van der Waals surface area contributed by atoms with Crippen molar-refractivity contribution in [2.75, 3.05) is 19.8 Å². The highest BCUT2D eigenvalue weighted by Crippen LogP contribution is 2.14. The minimum absolute atomic E-state index is 0.0462. The van der Waals surface area contributed by atoms with Crippen LogP contribution in [0, 0.1) is 10.1 Å². The van der Waals surface area contributed by atoms with Crippen LogP contribution in [-0.2, 0) is 16.6 Å². The van der Waals surface area contributed by atoms with E-state index < -0.39 is 23.4 Å². The third-order valence-electron chi connectivity index (χ3n) is 2.27. The summed E-state index contributed by atoms with van der Waals surface area (Å²) < 4.78 is 5.89. The van der Waals surface area contributed by atoms with Crippen LogP contribution in [0.25, 0.3) is 0 Å². The van der Waals surface area contributed by atoms with E-state index in [1.807, 2.05) is 0 Å². The van der Waals surface area contributed by atoms with Gasteiger partial charge in [-0.3, -0.25) is 4.79 Å². The summed E-state index contributed by atoms with van der Waals surface area (Å²) in [5.74, 6) is -1.77. The molecule has 0 aliphatic carbocycles. The van der Waals surface area contributed by atoms with Crippen LogP contribution < -0.4 is 5.32 Å². The van der Waals surface area contributed by atoms with E-state index in [4.69, 9.17) is 9.84 Å². The number of amides is 1. The number of carbonyl (C=O) groups is 2. The average Bonchev–Trinajstić information content (AvgIpc) is 2.70. The Balaban J connectivity index is 2.46. The molecule has 0 atom stereocenters. The van der Waals surface area contributed by atoms with E-state index in [-0.39, 0.29) is 24.7 Å². The first kappa shape index (κ1) is 14.6. The van der Waals surface area contributed by atoms with Gasteiger partial charge < -0.3 is 25.3 Å². The Morgan fingerprint density at radius 2 is 2.21 bits per heavy atom. The van der Waals surface area contributed by atoms with Crippen LogP contribution in [0.2, 0.25) is 0 Å². The number of nitrogens with zero attached hydrogens (tertiary/aromatic N) is 2. The van der Waals surface area contributed by atoms with E-state index in [0.717, 1.165) is 4.57 Å². The number of ether oxygens (including phenoxy) is 1. The van der Waals surface area contributed by atoms with E-state index in [2.05, 4.69) is 5.32 Å². The highest BCUT2D eigenvalue weighted by Gasteiger charge is 2.19. The van der Waals surface area contributed by atoms with Gasteiger partial charge in [0.15, 0.2) is 5.69 Å². The first-order chi connectivity index (χ1) is 8.93. The van der Waals surface area contributed by atoms with E-state index in [1.54, 1.807) is 0 Å². The third-order valence-corrected chi connectivity index (χ3v) is 2.27. The zero-order chi connectivity index (χ0) is 14.4. The Morgan fingerprint density at radius 1 is 1.53 bits per heavy atom. The fourth-order valence-electron chi connectivity index (χ4n) is 1.40. The number of nitrogens with one attached hydrogen (secondary N) is 1. The van der Waals surface area contributed by atoms with Gasteiger partial charge >= 0.3 is 11.8 Å². The molecule has 1 amide bonds. The Labute approximate surface area is 107 Å². The molecule has 0 bridgehead atoms. The lowest BCUT2D eigenvalue weighted by Crippen LogP contribution is -2.29. The third kappa shape index (κ3) is 4.07. The lowest BCUT2D eigenvalue weighted by Gasteiger charge is -2.04. The first-order valence-corrected chi connectivity index (χ1v) is 5.31. The Kier molecular flexibility index (Phi) is 5.01. The molecule has 9 nitrogen and oxygen atoms in total. The SMILES string of the molecule is Cn1c(C(=O)NCCOCC(=O)O)ccc1[N+](=O)[O-]. The number of hydrogen-bond donors (Lipinski definition) is 2. The van der Waals surface area contributed by atoms with Gasteiger partial charge in [-0.1, -0.05) is 0 Å².